The summed E-state index contributed by atoms with van der Waals surface area (Å²) < 4.78 is 0. The maximum Gasteiger partial charge on any atom is 0.0634 e. The van der Waals surface area contributed by atoms with Gasteiger partial charge in [-0.2, -0.15) is 0 Å². The molecule has 4 heteroatoms. The maximum absolute atomic E-state index is 6.02. The van der Waals surface area contributed by atoms with Crippen molar-refractivity contribution in [2.24, 2.45) is 0 Å². The number of alkyl halides is 1. The lowest BCUT2D eigenvalue weighted by atomic mass is 10.2. The van der Waals surface area contributed by atoms with Gasteiger partial charge in [-0.25, -0.2) is 0 Å². The maximum atomic E-state index is 6.02. The van der Waals surface area contributed by atoms with Gasteiger partial charge in [0.05, 0.1) is 5.02 Å². The number of aromatic nitrogens is 1. The fourth-order valence-corrected chi connectivity index (χ4v) is 1.75. The summed E-state index contributed by atoms with van der Waals surface area (Å²) in [6, 6.07) is 2.46. The van der Waals surface area contributed by atoms with Crippen LogP contribution in [0.3, 0.4) is 0 Å². The minimum absolute atomic E-state index is 0.499. The smallest absolute Gasteiger partial charge is 0.0634 e. The summed E-state index contributed by atoms with van der Waals surface area (Å²) in [6.45, 7) is 3.03. The molecule has 0 N–H and O–H groups in total. The van der Waals surface area contributed by atoms with Gasteiger partial charge in [0.15, 0.2) is 0 Å². The first-order valence-electron chi connectivity index (χ1n) is 4.49. The molecule has 0 amide bonds. The topological polar surface area (TPSA) is 16.1 Å². The zero-order chi connectivity index (χ0) is 10.6. The third kappa shape index (κ3) is 3.23. The number of halogens is 2. The van der Waals surface area contributed by atoms with E-state index in [0.29, 0.717) is 6.04 Å². The summed E-state index contributed by atoms with van der Waals surface area (Å²) in [7, 11) is 2.09. The van der Waals surface area contributed by atoms with E-state index in [1.165, 1.54) is 0 Å². The summed E-state index contributed by atoms with van der Waals surface area (Å²) in [5, 5.41) is 1.70. The molecule has 0 aliphatic carbocycles. The largest absolute Gasteiger partial charge is 0.299 e. The number of rotatable bonds is 4. The van der Waals surface area contributed by atoms with Crippen molar-refractivity contribution in [1.82, 2.24) is 9.88 Å². The molecular weight excluding hydrogens is 263 g/mol. The molecule has 0 radical (unpaired) electrons. The Bertz CT molecular complexity index is 293. The van der Waals surface area contributed by atoms with Crippen LogP contribution in [0.1, 0.15) is 12.5 Å². The molecule has 14 heavy (non-hydrogen) atoms. The second-order valence-corrected chi connectivity index (χ2v) is 4.44. The monoisotopic (exact) mass is 276 g/mol. The van der Waals surface area contributed by atoms with Crippen LogP contribution in [0, 0.1) is 0 Å². The van der Waals surface area contributed by atoms with Crippen LogP contribution in [0.2, 0.25) is 5.02 Å². The van der Waals surface area contributed by atoms with Gasteiger partial charge in [0.2, 0.25) is 0 Å². The van der Waals surface area contributed by atoms with Gasteiger partial charge in [-0.1, -0.05) is 27.5 Å². The Hall–Kier alpha value is -0.120. The lowest BCUT2D eigenvalue weighted by Gasteiger charge is -2.23. The normalized spacial score (nSPS) is 13.2. The molecule has 1 aromatic heterocycles. The molecule has 1 atom stereocenters. The number of hydrogen-bond donors (Lipinski definition) is 0. The Labute approximate surface area is 98.4 Å². The van der Waals surface area contributed by atoms with Crippen LogP contribution < -0.4 is 0 Å². The van der Waals surface area contributed by atoms with E-state index in [9.17, 15) is 0 Å². The second kappa shape index (κ2) is 5.69. The lowest BCUT2D eigenvalue weighted by Crippen LogP contribution is -2.29. The molecule has 1 aromatic rings. The van der Waals surface area contributed by atoms with Crippen molar-refractivity contribution in [2.45, 2.75) is 19.5 Å². The Balaban J connectivity index is 2.64. The van der Waals surface area contributed by atoms with Gasteiger partial charge in [-0.05, 0) is 25.6 Å². The molecular formula is C10H14BrClN2. The van der Waals surface area contributed by atoms with E-state index in [4.69, 9.17) is 11.6 Å². The summed E-state index contributed by atoms with van der Waals surface area (Å²) in [5.74, 6) is 0. The molecule has 0 aliphatic heterocycles. The van der Waals surface area contributed by atoms with Gasteiger partial charge in [0.25, 0.3) is 0 Å². The number of nitrogens with zero attached hydrogens (tertiary/aromatic N) is 2. The number of hydrogen-bond acceptors (Lipinski definition) is 2. The minimum Gasteiger partial charge on any atom is -0.299 e. The Morgan fingerprint density at radius 3 is 2.93 bits per heavy atom. The molecule has 0 saturated heterocycles. The third-order valence-electron chi connectivity index (χ3n) is 2.25. The highest BCUT2D eigenvalue weighted by atomic mass is 79.9. The molecule has 78 valence electrons. The van der Waals surface area contributed by atoms with Crippen molar-refractivity contribution in [1.29, 1.82) is 0 Å². The Morgan fingerprint density at radius 1 is 1.64 bits per heavy atom. The lowest BCUT2D eigenvalue weighted by molar-refractivity contribution is 0.271. The van der Waals surface area contributed by atoms with E-state index in [0.717, 1.165) is 22.5 Å². The van der Waals surface area contributed by atoms with E-state index in [-0.39, 0.29) is 0 Å². The Kier molecular flexibility index (Phi) is 4.85. The summed E-state index contributed by atoms with van der Waals surface area (Å²) in [6.07, 6.45) is 3.46. The molecule has 0 saturated carbocycles. The highest BCUT2D eigenvalue weighted by Crippen LogP contribution is 2.16. The molecule has 0 fully saturated rings. The molecule has 0 aliphatic rings. The second-order valence-electron chi connectivity index (χ2n) is 3.39. The first kappa shape index (κ1) is 12.0. The van der Waals surface area contributed by atoms with Crippen LogP contribution in [0.15, 0.2) is 18.5 Å². The van der Waals surface area contributed by atoms with E-state index in [1.54, 1.807) is 12.4 Å². The fourth-order valence-electron chi connectivity index (χ4n) is 1.07. The van der Waals surface area contributed by atoms with Crippen molar-refractivity contribution in [3.8, 4) is 0 Å². The molecule has 2 nitrogen and oxygen atoms in total. The molecule has 0 bridgehead atoms. The summed E-state index contributed by atoms with van der Waals surface area (Å²) in [4.78, 5) is 6.20. The minimum atomic E-state index is 0.499. The van der Waals surface area contributed by atoms with Gasteiger partial charge in [0.1, 0.15) is 0 Å². The zero-order valence-corrected chi connectivity index (χ0v) is 10.7. The zero-order valence-electron chi connectivity index (χ0n) is 8.37. The third-order valence-corrected chi connectivity index (χ3v) is 3.53. The summed E-state index contributed by atoms with van der Waals surface area (Å²) in [5.41, 5.74) is 1.12. The van der Waals surface area contributed by atoms with Gasteiger partial charge >= 0.3 is 0 Å². The van der Waals surface area contributed by atoms with Crippen LogP contribution >= 0.6 is 27.5 Å². The van der Waals surface area contributed by atoms with Crippen LogP contribution in [-0.4, -0.2) is 28.3 Å². The molecule has 1 rings (SSSR count). The van der Waals surface area contributed by atoms with Crippen LogP contribution in [0.5, 0.6) is 0 Å². The van der Waals surface area contributed by atoms with Crippen molar-refractivity contribution < 1.29 is 0 Å². The Morgan fingerprint density at radius 2 is 2.36 bits per heavy atom. The number of pyridine rings is 1. The van der Waals surface area contributed by atoms with E-state index in [2.05, 4.69) is 39.8 Å². The summed E-state index contributed by atoms with van der Waals surface area (Å²) >= 11 is 9.48. The van der Waals surface area contributed by atoms with Crippen molar-refractivity contribution >= 4 is 27.5 Å². The standard InChI is InChI=1S/C10H14BrClN2/c1-8(5-11)14(2)7-9-3-4-13-6-10(9)12/h3-4,6,8H,5,7H2,1-2H3. The fraction of sp³-hybridized carbons (Fsp3) is 0.500. The average molecular weight is 278 g/mol. The van der Waals surface area contributed by atoms with Gasteiger partial charge in [0, 0.05) is 30.3 Å². The van der Waals surface area contributed by atoms with Gasteiger partial charge < -0.3 is 0 Å². The average Bonchev–Trinajstić information content (AvgIpc) is 2.20. The van der Waals surface area contributed by atoms with Crippen molar-refractivity contribution in [3.63, 3.8) is 0 Å². The van der Waals surface area contributed by atoms with Crippen molar-refractivity contribution in [3.05, 3.63) is 29.0 Å². The SMILES string of the molecule is CC(CBr)N(C)Cc1ccncc1Cl. The van der Waals surface area contributed by atoms with Crippen LogP contribution in [-0.2, 0) is 6.54 Å². The highest BCUT2D eigenvalue weighted by Gasteiger charge is 2.09. The van der Waals surface area contributed by atoms with E-state index < -0.39 is 0 Å². The molecule has 0 spiro atoms. The molecule has 1 heterocycles. The predicted octanol–water partition coefficient (Wildman–Crippen LogP) is 2.95. The first-order valence-corrected chi connectivity index (χ1v) is 5.99. The van der Waals surface area contributed by atoms with Crippen LogP contribution in [0.4, 0.5) is 0 Å². The quantitative estimate of drug-likeness (QED) is 0.787. The van der Waals surface area contributed by atoms with E-state index in [1.807, 2.05) is 6.07 Å². The highest BCUT2D eigenvalue weighted by molar-refractivity contribution is 9.09. The van der Waals surface area contributed by atoms with E-state index >= 15 is 0 Å². The molecule has 0 aromatic carbocycles. The first-order chi connectivity index (χ1) is 6.65. The van der Waals surface area contributed by atoms with Gasteiger partial charge in [-0.3, -0.25) is 9.88 Å². The van der Waals surface area contributed by atoms with Gasteiger partial charge in [-0.15, -0.1) is 0 Å². The van der Waals surface area contributed by atoms with Crippen molar-refractivity contribution in [2.75, 3.05) is 12.4 Å². The molecule has 1 unspecified atom stereocenters. The van der Waals surface area contributed by atoms with Crippen LogP contribution in [0.25, 0.3) is 0 Å². The predicted molar refractivity (Wildman–Crippen MR) is 64.0 cm³/mol.